The van der Waals surface area contributed by atoms with Crippen molar-refractivity contribution in [3.63, 3.8) is 0 Å². The number of nitrogens with one attached hydrogen (secondary N) is 1. The standard InChI is InChI=1S/C21H19N5OS/c1-13-10-14(6-7-22-13)19-20(24-9-8-23-19)27-16-11-15(12-16)25-21-26-17-4-2-3-5-18(17)28-21/h2-10,15-16H,11-12H2,1H3,(H,25,26)/t15-,16-. The lowest BCUT2D eigenvalue weighted by Gasteiger charge is -2.35. The molecule has 5 rings (SSSR count). The van der Waals surface area contributed by atoms with E-state index in [1.807, 2.05) is 37.3 Å². The molecule has 0 saturated heterocycles. The fourth-order valence-electron chi connectivity index (χ4n) is 3.35. The normalized spacial score (nSPS) is 18.6. The maximum absolute atomic E-state index is 6.15. The van der Waals surface area contributed by atoms with E-state index in [1.165, 1.54) is 4.70 Å². The van der Waals surface area contributed by atoms with Crippen LogP contribution in [0, 0.1) is 6.92 Å². The Morgan fingerprint density at radius 3 is 2.75 bits per heavy atom. The Hall–Kier alpha value is -3.06. The number of thiazole rings is 1. The van der Waals surface area contributed by atoms with Crippen molar-refractivity contribution in [2.45, 2.75) is 31.9 Å². The van der Waals surface area contributed by atoms with Gasteiger partial charge in [-0.05, 0) is 31.2 Å². The molecule has 1 aliphatic carbocycles. The molecule has 0 atom stereocenters. The Morgan fingerprint density at radius 2 is 1.89 bits per heavy atom. The van der Waals surface area contributed by atoms with Crippen LogP contribution < -0.4 is 10.1 Å². The molecular formula is C21H19N5OS. The third kappa shape index (κ3) is 3.41. The summed E-state index contributed by atoms with van der Waals surface area (Å²) in [5.74, 6) is 0.580. The van der Waals surface area contributed by atoms with Crippen LogP contribution in [-0.2, 0) is 0 Å². The molecule has 1 aliphatic rings. The summed E-state index contributed by atoms with van der Waals surface area (Å²) >= 11 is 1.69. The maximum atomic E-state index is 6.15. The minimum Gasteiger partial charge on any atom is -0.473 e. The smallest absolute Gasteiger partial charge is 0.240 e. The highest BCUT2D eigenvalue weighted by atomic mass is 32.1. The molecule has 1 aromatic carbocycles. The number of ether oxygens (including phenoxy) is 1. The molecule has 1 saturated carbocycles. The van der Waals surface area contributed by atoms with Gasteiger partial charge in [-0.15, -0.1) is 0 Å². The van der Waals surface area contributed by atoms with Gasteiger partial charge in [0.15, 0.2) is 5.13 Å². The Labute approximate surface area is 166 Å². The van der Waals surface area contributed by atoms with Crippen molar-refractivity contribution >= 4 is 26.7 Å². The van der Waals surface area contributed by atoms with Crippen LogP contribution in [-0.4, -0.2) is 32.1 Å². The lowest BCUT2D eigenvalue weighted by atomic mass is 9.89. The summed E-state index contributed by atoms with van der Waals surface area (Å²) in [4.78, 5) is 17.8. The molecule has 3 heterocycles. The minimum atomic E-state index is 0.130. The number of rotatable bonds is 5. The Bertz CT molecular complexity index is 1090. The number of anilines is 1. The molecule has 1 fully saturated rings. The summed E-state index contributed by atoms with van der Waals surface area (Å²) in [5.41, 5.74) is 3.71. The van der Waals surface area contributed by atoms with E-state index in [9.17, 15) is 0 Å². The zero-order valence-electron chi connectivity index (χ0n) is 15.4. The second kappa shape index (κ2) is 7.16. The van der Waals surface area contributed by atoms with Crippen LogP contribution in [0.2, 0.25) is 0 Å². The highest BCUT2D eigenvalue weighted by Crippen LogP contribution is 2.33. The van der Waals surface area contributed by atoms with Crippen LogP contribution in [0.25, 0.3) is 21.5 Å². The van der Waals surface area contributed by atoms with Gasteiger partial charge < -0.3 is 10.1 Å². The van der Waals surface area contributed by atoms with E-state index in [0.29, 0.717) is 11.9 Å². The average Bonchev–Trinajstić information content (AvgIpc) is 3.09. The van der Waals surface area contributed by atoms with E-state index in [4.69, 9.17) is 4.74 Å². The number of para-hydroxylation sites is 1. The van der Waals surface area contributed by atoms with E-state index >= 15 is 0 Å². The SMILES string of the molecule is Cc1cc(-c2nccnc2O[C@H]2C[C@H](Nc3nc4ccccc4s3)C2)ccn1. The topological polar surface area (TPSA) is 72.8 Å². The molecule has 0 bridgehead atoms. The fourth-order valence-corrected chi connectivity index (χ4v) is 4.29. The number of pyridine rings is 1. The van der Waals surface area contributed by atoms with E-state index < -0.39 is 0 Å². The van der Waals surface area contributed by atoms with Gasteiger partial charge in [-0.2, -0.15) is 0 Å². The quantitative estimate of drug-likeness (QED) is 0.543. The van der Waals surface area contributed by atoms with Gasteiger partial charge in [0, 0.05) is 48.7 Å². The molecule has 3 aromatic heterocycles. The van der Waals surface area contributed by atoms with Crippen LogP contribution >= 0.6 is 11.3 Å². The molecule has 0 spiro atoms. The predicted octanol–water partition coefficient (Wildman–Crippen LogP) is 4.48. The summed E-state index contributed by atoms with van der Waals surface area (Å²) in [6.45, 7) is 1.96. The molecule has 0 amide bonds. The fraction of sp³-hybridized carbons (Fsp3) is 0.238. The van der Waals surface area contributed by atoms with E-state index in [0.717, 1.165) is 40.4 Å². The first kappa shape index (κ1) is 17.1. The second-order valence-electron chi connectivity index (χ2n) is 6.94. The van der Waals surface area contributed by atoms with Crippen molar-refractivity contribution < 1.29 is 4.74 Å². The lowest BCUT2D eigenvalue weighted by Crippen LogP contribution is -2.42. The van der Waals surface area contributed by atoms with Gasteiger partial charge in [-0.25, -0.2) is 15.0 Å². The largest absolute Gasteiger partial charge is 0.473 e. The first-order valence-electron chi connectivity index (χ1n) is 9.27. The van der Waals surface area contributed by atoms with Gasteiger partial charge in [0.25, 0.3) is 0 Å². The number of benzene rings is 1. The van der Waals surface area contributed by atoms with Crippen molar-refractivity contribution in [1.29, 1.82) is 0 Å². The zero-order chi connectivity index (χ0) is 18.9. The van der Waals surface area contributed by atoms with E-state index in [2.05, 4.69) is 31.3 Å². The van der Waals surface area contributed by atoms with E-state index in [-0.39, 0.29) is 6.10 Å². The van der Waals surface area contributed by atoms with Crippen molar-refractivity contribution in [2.75, 3.05) is 5.32 Å². The summed E-state index contributed by atoms with van der Waals surface area (Å²) in [5, 5.41) is 4.49. The number of aromatic nitrogens is 4. The molecule has 0 unspecified atom stereocenters. The number of hydrogen-bond donors (Lipinski definition) is 1. The molecule has 1 N–H and O–H groups in total. The number of aryl methyl sites for hydroxylation is 1. The first-order valence-corrected chi connectivity index (χ1v) is 10.1. The predicted molar refractivity (Wildman–Crippen MR) is 111 cm³/mol. The Morgan fingerprint density at radius 1 is 1.04 bits per heavy atom. The summed E-state index contributed by atoms with van der Waals surface area (Å²) in [6, 6.07) is 12.5. The molecule has 6 nitrogen and oxygen atoms in total. The van der Waals surface area contributed by atoms with Crippen molar-refractivity contribution in [3.8, 4) is 17.1 Å². The Kier molecular flexibility index (Phi) is 4.37. The molecule has 4 aromatic rings. The molecule has 0 radical (unpaired) electrons. The van der Waals surface area contributed by atoms with E-state index in [1.54, 1.807) is 29.9 Å². The number of fused-ring (bicyclic) bond motifs is 1. The van der Waals surface area contributed by atoms with Gasteiger partial charge in [-0.3, -0.25) is 4.98 Å². The van der Waals surface area contributed by atoms with Crippen molar-refractivity contribution in [1.82, 2.24) is 19.9 Å². The van der Waals surface area contributed by atoms with Gasteiger partial charge in [-0.1, -0.05) is 23.5 Å². The van der Waals surface area contributed by atoms with Gasteiger partial charge in [0.1, 0.15) is 11.8 Å². The minimum absolute atomic E-state index is 0.130. The zero-order valence-corrected chi connectivity index (χ0v) is 16.2. The second-order valence-corrected chi connectivity index (χ2v) is 7.97. The highest BCUT2D eigenvalue weighted by molar-refractivity contribution is 7.22. The van der Waals surface area contributed by atoms with Crippen molar-refractivity contribution in [3.05, 3.63) is 60.7 Å². The van der Waals surface area contributed by atoms with Crippen LogP contribution in [0.15, 0.2) is 55.0 Å². The summed E-state index contributed by atoms with van der Waals surface area (Å²) < 4.78 is 7.35. The summed E-state index contributed by atoms with van der Waals surface area (Å²) in [7, 11) is 0. The van der Waals surface area contributed by atoms with Crippen LogP contribution in [0.3, 0.4) is 0 Å². The highest BCUT2D eigenvalue weighted by Gasteiger charge is 2.32. The average molecular weight is 389 g/mol. The van der Waals surface area contributed by atoms with Crippen LogP contribution in [0.1, 0.15) is 18.5 Å². The third-order valence-corrected chi connectivity index (χ3v) is 5.80. The van der Waals surface area contributed by atoms with Gasteiger partial charge in [0.05, 0.1) is 10.2 Å². The monoisotopic (exact) mass is 389 g/mol. The summed E-state index contributed by atoms with van der Waals surface area (Å²) in [6.07, 6.45) is 7.11. The molecule has 7 heteroatoms. The molecule has 140 valence electrons. The van der Waals surface area contributed by atoms with Crippen LogP contribution in [0.5, 0.6) is 5.88 Å². The number of hydrogen-bond acceptors (Lipinski definition) is 7. The molecular weight excluding hydrogens is 370 g/mol. The molecule has 28 heavy (non-hydrogen) atoms. The van der Waals surface area contributed by atoms with Crippen molar-refractivity contribution in [2.24, 2.45) is 0 Å². The van der Waals surface area contributed by atoms with Gasteiger partial charge in [0.2, 0.25) is 5.88 Å². The Balaban J connectivity index is 1.24. The first-order chi connectivity index (χ1) is 13.7. The third-order valence-electron chi connectivity index (χ3n) is 4.83. The van der Waals surface area contributed by atoms with Gasteiger partial charge >= 0.3 is 0 Å². The lowest BCUT2D eigenvalue weighted by molar-refractivity contribution is 0.103. The van der Waals surface area contributed by atoms with Crippen LogP contribution in [0.4, 0.5) is 5.13 Å². The maximum Gasteiger partial charge on any atom is 0.240 e. The number of nitrogens with zero attached hydrogens (tertiary/aromatic N) is 4. The molecule has 0 aliphatic heterocycles.